The number of hydrogen-bond donors (Lipinski definition) is 0. The number of benzene rings is 2. The molecule has 0 atom stereocenters. The summed E-state index contributed by atoms with van der Waals surface area (Å²) >= 11 is 3.47. The summed E-state index contributed by atoms with van der Waals surface area (Å²) in [6.07, 6.45) is 3.43. The summed E-state index contributed by atoms with van der Waals surface area (Å²) in [5.74, 6) is 1.62. The third-order valence-corrected chi connectivity index (χ3v) is 3.15. The summed E-state index contributed by atoms with van der Waals surface area (Å²) in [6.45, 7) is 0. The lowest BCUT2D eigenvalue weighted by molar-refractivity contribution is 0.482. The van der Waals surface area contributed by atoms with Crippen molar-refractivity contribution in [3.63, 3.8) is 0 Å². The summed E-state index contributed by atoms with van der Waals surface area (Å²) in [7, 11) is 0. The van der Waals surface area contributed by atoms with Crippen molar-refractivity contribution in [1.82, 2.24) is 4.98 Å². The van der Waals surface area contributed by atoms with Gasteiger partial charge in [0.2, 0.25) is 0 Å². The summed E-state index contributed by atoms with van der Waals surface area (Å²) in [5.41, 5.74) is 0. The SMILES string of the molecule is Brc1ccc2cc(Oc3ccncc3)ccc2c1. The predicted octanol–water partition coefficient (Wildman–Crippen LogP) is 4.79. The van der Waals surface area contributed by atoms with Crippen molar-refractivity contribution in [2.45, 2.75) is 0 Å². The molecule has 0 unspecified atom stereocenters. The fourth-order valence-corrected chi connectivity index (χ4v) is 2.18. The van der Waals surface area contributed by atoms with E-state index in [2.05, 4.69) is 39.1 Å². The Kier molecular flexibility index (Phi) is 2.99. The van der Waals surface area contributed by atoms with E-state index in [9.17, 15) is 0 Å². The number of ether oxygens (including phenoxy) is 1. The Morgan fingerprint density at radius 1 is 0.778 bits per heavy atom. The molecule has 0 spiro atoms. The Morgan fingerprint density at radius 3 is 2.33 bits per heavy atom. The first-order valence-corrected chi connectivity index (χ1v) is 6.38. The Morgan fingerprint density at radius 2 is 1.50 bits per heavy atom. The second-order valence-electron chi connectivity index (χ2n) is 3.94. The smallest absolute Gasteiger partial charge is 0.130 e. The standard InChI is InChI=1S/C15H10BrNO/c16-13-3-1-12-10-15(4-2-11(12)9-13)18-14-5-7-17-8-6-14/h1-10H. The molecule has 2 aromatic carbocycles. The van der Waals surface area contributed by atoms with E-state index >= 15 is 0 Å². The molecule has 2 nitrogen and oxygen atoms in total. The van der Waals surface area contributed by atoms with Crippen LogP contribution < -0.4 is 4.74 Å². The summed E-state index contributed by atoms with van der Waals surface area (Å²) in [6, 6.07) is 15.9. The molecule has 0 aliphatic heterocycles. The molecule has 0 saturated carbocycles. The number of pyridine rings is 1. The van der Waals surface area contributed by atoms with E-state index in [1.54, 1.807) is 12.4 Å². The van der Waals surface area contributed by atoms with E-state index in [1.807, 2.05) is 30.3 Å². The van der Waals surface area contributed by atoms with Gasteiger partial charge in [-0.15, -0.1) is 0 Å². The van der Waals surface area contributed by atoms with Gasteiger partial charge in [0.25, 0.3) is 0 Å². The van der Waals surface area contributed by atoms with Gasteiger partial charge >= 0.3 is 0 Å². The normalized spacial score (nSPS) is 10.5. The first-order chi connectivity index (χ1) is 8.81. The monoisotopic (exact) mass is 299 g/mol. The Labute approximate surface area is 113 Å². The summed E-state index contributed by atoms with van der Waals surface area (Å²) in [4.78, 5) is 3.96. The molecular formula is C15H10BrNO. The second-order valence-corrected chi connectivity index (χ2v) is 4.85. The largest absolute Gasteiger partial charge is 0.457 e. The van der Waals surface area contributed by atoms with Crippen LogP contribution >= 0.6 is 15.9 Å². The van der Waals surface area contributed by atoms with Crippen molar-refractivity contribution in [3.05, 3.63) is 65.4 Å². The Hall–Kier alpha value is -1.87. The molecule has 0 amide bonds. The van der Waals surface area contributed by atoms with Crippen LogP contribution in [0.5, 0.6) is 11.5 Å². The zero-order chi connectivity index (χ0) is 12.4. The minimum atomic E-state index is 0.793. The maximum Gasteiger partial charge on any atom is 0.130 e. The Bertz CT molecular complexity index is 682. The van der Waals surface area contributed by atoms with Crippen LogP contribution in [0.15, 0.2) is 65.4 Å². The van der Waals surface area contributed by atoms with E-state index in [4.69, 9.17) is 4.74 Å². The molecular weight excluding hydrogens is 290 g/mol. The number of aromatic nitrogens is 1. The molecule has 0 aliphatic rings. The maximum atomic E-state index is 5.76. The van der Waals surface area contributed by atoms with Gasteiger partial charge in [0.05, 0.1) is 0 Å². The number of hydrogen-bond acceptors (Lipinski definition) is 2. The highest BCUT2D eigenvalue weighted by Crippen LogP contribution is 2.27. The van der Waals surface area contributed by atoms with Gasteiger partial charge in [-0.3, -0.25) is 4.98 Å². The van der Waals surface area contributed by atoms with Crippen LogP contribution in [0.3, 0.4) is 0 Å². The van der Waals surface area contributed by atoms with Crippen LogP contribution in [0.25, 0.3) is 10.8 Å². The quantitative estimate of drug-likeness (QED) is 0.679. The van der Waals surface area contributed by atoms with Gasteiger partial charge in [0.15, 0.2) is 0 Å². The summed E-state index contributed by atoms with van der Waals surface area (Å²) < 4.78 is 6.85. The van der Waals surface area contributed by atoms with Crippen LogP contribution in [0.1, 0.15) is 0 Å². The van der Waals surface area contributed by atoms with Crippen molar-refractivity contribution < 1.29 is 4.74 Å². The molecule has 1 heterocycles. The highest BCUT2D eigenvalue weighted by atomic mass is 79.9. The minimum Gasteiger partial charge on any atom is -0.457 e. The fourth-order valence-electron chi connectivity index (χ4n) is 1.80. The van der Waals surface area contributed by atoms with Gasteiger partial charge in [0, 0.05) is 16.9 Å². The number of nitrogens with zero attached hydrogens (tertiary/aromatic N) is 1. The third-order valence-electron chi connectivity index (χ3n) is 2.66. The van der Waals surface area contributed by atoms with Gasteiger partial charge in [0.1, 0.15) is 11.5 Å². The second kappa shape index (κ2) is 4.78. The number of rotatable bonds is 2. The van der Waals surface area contributed by atoms with Gasteiger partial charge in [-0.2, -0.15) is 0 Å². The maximum absolute atomic E-state index is 5.76. The minimum absolute atomic E-state index is 0.793. The van der Waals surface area contributed by atoms with Crippen LogP contribution in [0.4, 0.5) is 0 Å². The van der Waals surface area contributed by atoms with Crippen molar-refractivity contribution in [3.8, 4) is 11.5 Å². The van der Waals surface area contributed by atoms with Gasteiger partial charge in [-0.05, 0) is 47.2 Å². The number of fused-ring (bicyclic) bond motifs is 1. The van der Waals surface area contributed by atoms with Gasteiger partial charge in [-0.1, -0.05) is 28.1 Å². The molecule has 1 aromatic heterocycles. The molecule has 0 fully saturated rings. The lowest BCUT2D eigenvalue weighted by atomic mass is 10.1. The first kappa shape index (κ1) is 11.2. The van der Waals surface area contributed by atoms with Crippen LogP contribution in [-0.2, 0) is 0 Å². The lowest BCUT2D eigenvalue weighted by Gasteiger charge is -2.06. The third kappa shape index (κ3) is 2.36. The molecule has 3 heteroatoms. The molecule has 0 saturated heterocycles. The van der Waals surface area contributed by atoms with Crippen LogP contribution in [-0.4, -0.2) is 4.98 Å². The van der Waals surface area contributed by atoms with E-state index in [0.717, 1.165) is 21.4 Å². The topological polar surface area (TPSA) is 22.1 Å². The van der Waals surface area contributed by atoms with Crippen LogP contribution in [0, 0.1) is 0 Å². The zero-order valence-corrected chi connectivity index (χ0v) is 11.1. The predicted molar refractivity (Wildman–Crippen MR) is 76.0 cm³/mol. The van der Waals surface area contributed by atoms with Crippen LogP contribution in [0.2, 0.25) is 0 Å². The molecule has 0 aliphatic carbocycles. The molecule has 0 bridgehead atoms. The highest BCUT2D eigenvalue weighted by molar-refractivity contribution is 9.10. The lowest BCUT2D eigenvalue weighted by Crippen LogP contribution is -1.84. The van der Waals surface area contributed by atoms with E-state index < -0.39 is 0 Å². The van der Waals surface area contributed by atoms with Crippen molar-refractivity contribution in [2.75, 3.05) is 0 Å². The van der Waals surface area contributed by atoms with Crippen molar-refractivity contribution >= 4 is 26.7 Å². The zero-order valence-electron chi connectivity index (χ0n) is 9.51. The highest BCUT2D eigenvalue weighted by Gasteiger charge is 1.99. The van der Waals surface area contributed by atoms with Gasteiger partial charge < -0.3 is 4.74 Å². The van der Waals surface area contributed by atoms with Crippen molar-refractivity contribution in [2.24, 2.45) is 0 Å². The van der Waals surface area contributed by atoms with E-state index in [0.29, 0.717) is 0 Å². The number of halogens is 1. The van der Waals surface area contributed by atoms with E-state index in [-0.39, 0.29) is 0 Å². The Balaban J connectivity index is 1.96. The fraction of sp³-hybridized carbons (Fsp3) is 0. The van der Waals surface area contributed by atoms with E-state index in [1.165, 1.54) is 5.39 Å². The molecule has 3 rings (SSSR count). The summed E-state index contributed by atoms with van der Waals surface area (Å²) in [5, 5.41) is 2.34. The average Bonchev–Trinajstić information content (AvgIpc) is 2.40. The molecule has 88 valence electrons. The molecule has 3 aromatic rings. The molecule has 0 N–H and O–H groups in total. The molecule has 18 heavy (non-hydrogen) atoms. The first-order valence-electron chi connectivity index (χ1n) is 5.58. The van der Waals surface area contributed by atoms with Crippen molar-refractivity contribution in [1.29, 1.82) is 0 Å². The molecule has 0 radical (unpaired) electrons. The van der Waals surface area contributed by atoms with Gasteiger partial charge in [-0.25, -0.2) is 0 Å². The average molecular weight is 300 g/mol.